The lowest BCUT2D eigenvalue weighted by molar-refractivity contribution is -0.127. The van der Waals surface area contributed by atoms with Crippen LogP contribution in [0.2, 0.25) is 0 Å². The van der Waals surface area contributed by atoms with Gasteiger partial charge in [0.15, 0.2) is 5.96 Å². The molecule has 0 aliphatic carbocycles. The van der Waals surface area contributed by atoms with Crippen molar-refractivity contribution >= 4 is 35.8 Å². The predicted octanol–water partition coefficient (Wildman–Crippen LogP) is 1.57. The van der Waals surface area contributed by atoms with Gasteiger partial charge in [0.2, 0.25) is 5.91 Å². The highest BCUT2D eigenvalue weighted by Crippen LogP contribution is 2.13. The number of aryl methyl sites for hydroxylation is 1. The molecule has 2 N–H and O–H groups in total. The lowest BCUT2D eigenvalue weighted by atomic mass is 10.0. The molecular formula is C22H35IN8O. The fourth-order valence-corrected chi connectivity index (χ4v) is 3.51. The van der Waals surface area contributed by atoms with E-state index >= 15 is 0 Å². The second kappa shape index (κ2) is 14.0. The number of guanidine groups is 1. The number of hydrogen-bond donors (Lipinski definition) is 2. The molecule has 1 aromatic heterocycles. The topological polar surface area (TPSA) is 90.7 Å². The van der Waals surface area contributed by atoms with Crippen molar-refractivity contribution in [2.75, 3.05) is 40.3 Å². The largest absolute Gasteiger partial charge is 0.356 e. The Balaban J connectivity index is 0.00000363. The first-order valence-corrected chi connectivity index (χ1v) is 11.0. The van der Waals surface area contributed by atoms with E-state index in [1.54, 1.807) is 25.2 Å². The highest BCUT2D eigenvalue weighted by atomic mass is 127. The number of benzene rings is 1. The number of amides is 1. The summed E-state index contributed by atoms with van der Waals surface area (Å²) < 4.78 is 1.81. The van der Waals surface area contributed by atoms with E-state index in [4.69, 9.17) is 0 Å². The van der Waals surface area contributed by atoms with E-state index in [0.29, 0.717) is 12.0 Å². The average molecular weight is 554 g/mol. The maximum absolute atomic E-state index is 12.0. The van der Waals surface area contributed by atoms with Crippen LogP contribution in [0.5, 0.6) is 0 Å². The first kappa shape index (κ1) is 26.0. The summed E-state index contributed by atoms with van der Waals surface area (Å²) in [5, 5.41) is 14.7. The van der Waals surface area contributed by atoms with Gasteiger partial charge in [-0.15, -0.1) is 29.1 Å². The molecule has 32 heavy (non-hydrogen) atoms. The summed E-state index contributed by atoms with van der Waals surface area (Å²) in [4.78, 5) is 20.5. The van der Waals surface area contributed by atoms with Crippen LogP contribution < -0.4 is 10.6 Å². The van der Waals surface area contributed by atoms with E-state index in [9.17, 15) is 4.79 Å². The highest BCUT2D eigenvalue weighted by molar-refractivity contribution is 14.0. The van der Waals surface area contributed by atoms with Crippen molar-refractivity contribution in [3.8, 4) is 0 Å². The van der Waals surface area contributed by atoms with E-state index in [0.717, 1.165) is 52.0 Å². The zero-order valence-corrected chi connectivity index (χ0v) is 21.3. The van der Waals surface area contributed by atoms with E-state index in [2.05, 4.69) is 61.2 Å². The van der Waals surface area contributed by atoms with Gasteiger partial charge in [0.05, 0.1) is 6.20 Å². The summed E-state index contributed by atoms with van der Waals surface area (Å²) in [6.45, 7) is 4.75. The Hall–Kier alpha value is -2.21. The van der Waals surface area contributed by atoms with Gasteiger partial charge in [0.25, 0.3) is 0 Å². The fraction of sp³-hybridized carbons (Fsp3) is 0.545. The van der Waals surface area contributed by atoms with Gasteiger partial charge in [-0.25, -0.2) is 4.99 Å². The molecule has 1 fully saturated rings. The molecule has 1 amide bonds. The van der Waals surface area contributed by atoms with Gasteiger partial charge >= 0.3 is 0 Å². The van der Waals surface area contributed by atoms with Crippen LogP contribution in [0.4, 0.5) is 0 Å². The Labute approximate surface area is 207 Å². The van der Waals surface area contributed by atoms with Crippen LogP contribution in [0.25, 0.3) is 0 Å². The smallest absolute Gasteiger partial charge is 0.243 e. The summed E-state index contributed by atoms with van der Waals surface area (Å²) in [6.07, 6.45) is 6.52. The second-order valence-corrected chi connectivity index (χ2v) is 8.08. The lowest BCUT2D eigenvalue weighted by Gasteiger charge is -2.33. The Kier molecular flexibility index (Phi) is 11.4. The summed E-state index contributed by atoms with van der Waals surface area (Å²) in [6, 6.07) is 11.0. The molecule has 10 heteroatoms. The SMILES string of the molecule is CN(C)C(=O)CN=C(NCCCn1ccnn1)NC1CCN(Cc2ccccc2)CC1.I. The normalized spacial score (nSPS) is 15.1. The van der Waals surface area contributed by atoms with Crippen LogP contribution >= 0.6 is 24.0 Å². The lowest BCUT2D eigenvalue weighted by Crippen LogP contribution is -2.49. The molecule has 0 spiro atoms. The summed E-state index contributed by atoms with van der Waals surface area (Å²) in [7, 11) is 3.50. The molecule has 9 nitrogen and oxygen atoms in total. The molecule has 1 aromatic carbocycles. The van der Waals surface area contributed by atoms with E-state index in [1.165, 1.54) is 5.56 Å². The third-order valence-electron chi connectivity index (χ3n) is 5.38. The Morgan fingerprint density at radius 3 is 2.62 bits per heavy atom. The number of carbonyl (C=O) groups is 1. The highest BCUT2D eigenvalue weighted by Gasteiger charge is 2.20. The van der Waals surface area contributed by atoms with Gasteiger partial charge in [0, 0.05) is 59.1 Å². The summed E-state index contributed by atoms with van der Waals surface area (Å²) >= 11 is 0. The van der Waals surface area contributed by atoms with Crippen molar-refractivity contribution in [1.29, 1.82) is 0 Å². The van der Waals surface area contributed by atoms with Crippen LogP contribution in [-0.4, -0.2) is 83.0 Å². The maximum Gasteiger partial charge on any atom is 0.243 e. The molecule has 0 radical (unpaired) electrons. The van der Waals surface area contributed by atoms with Crippen LogP contribution in [0.15, 0.2) is 47.7 Å². The van der Waals surface area contributed by atoms with Gasteiger partial charge in [-0.05, 0) is 24.8 Å². The first-order valence-electron chi connectivity index (χ1n) is 11.0. The number of nitrogens with zero attached hydrogens (tertiary/aromatic N) is 6. The molecule has 0 unspecified atom stereocenters. The average Bonchev–Trinajstić information content (AvgIpc) is 3.30. The number of hydrogen-bond acceptors (Lipinski definition) is 5. The van der Waals surface area contributed by atoms with Crippen molar-refractivity contribution < 1.29 is 4.79 Å². The first-order chi connectivity index (χ1) is 15.1. The van der Waals surface area contributed by atoms with E-state index in [1.807, 2.05) is 10.9 Å². The standard InChI is InChI=1S/C22H34N8O.HI/c1-28(2)21(31)17-24-22(23-11-6-13-30-16-12-25-27-30)26-20-9-14-29(15-10-20)18-19-7-4-3-5-8-19;/h3-5,7-8,12,16,20H,6,9-11,13-15,17-18H2,1-2H3,(H2,23,24,26);1H. The minimum absolute atomic E-state index is 0. The van der Waals surface area contributed by atoms with Crippen LogP contribution in [0.1, 0.15) is 24.8 Å². The molecule has 2 aromatic rings. The van der Waals surface area contributed by atoms with Gasteiger partial charge in [0.1, 0.15) is 6.54 Å². The van der Waals surface area contributed by atoms with E-state index in [-0.39, 0.29) is 36.4 Å². The van der Waals surface area contributed by atoms with Crippen molar-refractivity contribution in [3.63, 3.8) is 0 Å². The number of rotatable bonds is 9. The number of piperidine rings is 1. The molecule has 1 saturated heterocycles. The van der Waals surface area contributed by atoms with Crippen LogP contribution in [-0.2, 0) is 17.9 Å². The van der Waals surface area contributed by atoms with Crippen molar-refractivity contribution in [2.24, 2.45) is 4.99 Å². The van der Waals surface area contributed by atoms with Gasteiger partial charge in [-0.1, -0.05) is 35.5 Å². The Morgan fingerprint density at radius 2 is 1.97 bits per heavy atom. The second-order valence-electron chi connectivity index (χ2n) is 8.08. The van der Waals surface area contributed by atoms with Crippen LogP contribution in [0, 0.1) is 0 Å². The van der Waals surface area contributed by atoms with Crippen molar-refractivity contribution in [1.82, 2.24) is 35.4 Å². The van der Waals surface area contributed by atoms with Gasteiger partial charge in [-0.3, -0.25) is 14.4 Å². The number of aromatic nitrogens is 3. The number of nitrogens with one attached hydrogen (secondary N) is 2. The molecule has 1 aliphatic rings. The number of likely N-dealkylation sites (tertiary alicyclic amines) is 1. The van der Waals surface area contributed by atoms with Gasteiger partial charge < -0.3 is 15.5 Å². The number of halogens is 1. The monoisotopic (exact) mass is 554 g/mol. The van der Waals surface area contributed by atoms with Gasteiger partial charge in [-0.2, -0.15) is 0 Å². The number of carbonyl (C=O) groups excluding carboxylic acids is 1. The Bertz CT molecular complexity index is 805. The summed E-state index contributed by atoms with van der Waals surface area (Å²) in [5.41, 5.74) is 1.35. The molecule has 3 rings (SSSR count). The molecule has 0 bridgehead atoms. The molecular weight excluding hydrogens is 519 g/mol. The molecule has 0 saturated carbocycles. The van der Waals surface area contributed by atoms with E-state index < -0.39 is 0 Å². The zero-order valence-electron chi connectivity index (χ0n) is 19.0. The quantitative estimate of drug-likeness (QED) is 0.212. The number of likely N-dealkylation sites (N-methyl/N-ethyl adjacent to an activating group) is 1. The number of aliphatic imine (C=N–C) groups is 1. The maximum atomic E-state index is 12.0. The molecule has 1 aliphatic heterocycles. The van der Waals surface area contributed by atoms with Crippen LogP contribution in [0.3, 0.4) is 0 Å². The predicted molar refractivity (Wildman–Crippen MR) is 137 cm³/mol. The van der Waals surface area contributed by atoms with Crippen molar-refractivity contribution in [2.45, 2.75) is 38.4 Å². The minimum atomic E-state index is -0.0126. The minimum Gasteiger partial charge on any atom is -0.356 e. The zero-order chi connectivity index (χ0) is 21.9. The fourth-order valence-electron chi connectivity index (χ4n) is 3.51. The third-order valence-corrected chi connectivity index (χ3v) is 5.38. The third kappa shape index (κ3) is 9.11. The molecule has 176 valence electrons. The molecule has 0 atom stereocenters. The Morgan fingerprint density at radius 1 is 1.22 bits per heavy atom. The molecule has 2 heterocycles. The van der Waals surface area contributed by atoms with Crippen molar-refractivity contribution in [3.05, 3.63) is 48.3 Å². The summed E-state index contributed by atoms with van der Waals surface area (Å²) in [5.74, 6) is 0.691.